The van der Waals surface area contributed by atoms with Gasteiger partial charge in [0.25, 0.3) is 0 Å². The number of nitrogens with zero attached hydrogens (tertiary/aromatic N) is 2. The van der Waals surface area contributed by atoms with Crippen LogP contribution in [-0.4, -0.2) is 34.9 Å². The lowest BCUT2D eigenvalue weighted by Gasteiger charge is -2.06. The molecule has 0 saturated heterocycles. The van der Waals surface area contributed by atoms with Crippen molar-refractivity contribution >= 4 is 28.1 Å². The third-order valence-electron chi connectivity index (χ3n) is 2.57. The van der Waals surface area contributed by atoms with E-state index in [9.17, 15) is 0 Å². The van der Waals surface area contributed by atoms with E-state index in [2.05, 4.69) is 21.0 Å². The number of thiazole rings is 1. The Hall–Kier alpha value is -0.560. The third kappa shape index (κ3) is 3.26. The molecule has 0 spiro atoms. The molecule has 1 unspecified atom stereocenters. The normalized spacial score (nSPS) is 13.3. The number of rotatable bonds is 7. The lowest BCUT2D eigenvalue weighted by molar-refractivity contribution is 0.200. The summed E-state index contributed by atoms with van der Waals surface area (Å²) in [6.45, 7) is 2.84. The van der Waals surface area contributed by atoms with Gasteiger partial charge in [-0.3, -0.25) is 4.40 Å². The fourth-order valence-electron chi connectivity index (χ4n) is 1.79. The minimum Gasteiger partial charge on any atom is -0.385 e. The summed E-state index contributed by atoms with van der Waals surface area (Å²) >= 11 is 3.46. The Morgan fingerprint density at radius 1 is 1.61 bits per heavy atom. The summed E-state index contributed by atoms with van der Waals surface area (Å²) in [5.41, 5.74) is 7.16. The van der Waals surface area contributed by atoms with Gasteiger partial charge in [0.05, 0.1) is 5.69 Å². The highest BCUT2D eigenvalue weighted by molar-refractivity contribution is 7.99. The molecule has 6 heteroatoms. The standard InChI is InChI=1S/C12H19N3OS2/c1-9(13)8-10-11(17-6-3-5-16-2)14-12-15(10)4-7-18-12/h4,7,9H,3,5-6,8,13H2,1-2H3. The molecule has 100 valence electrons. The van der Waals surface area contributed by atoms with Gasteiger partial charge in [0, 0.05) is 43.5 Å². The SMILES string of the molecule is COCCCSc1nc2sccn2c1CC(C)N. The number of nitrogens with two attached hydrogens (primary N) is 1. The Bertz CT molecular complexity index is 492. The van der Waals surface area contributed by atoms with Crippen molar-refractivity contribution in [3.63, 3.8) is 0 Å². The molecule has 0 fully saturated rings. The Balaban J connectivity index is 2.12. The lowest BCUT2D eigenvalue weighted by atomic mass is 10.2. The molecule has 2 N–H and O–H groups in total. The van der Waals surface area contributed by atoms with Crippen LogP contribution in [-0.2, 0) is 11.2 Å². The predicted molar refractivity (Wildman–Crippen MR) is 77.6 cm³/mol. The van der Waals surface area contributed by atoms with Gasteiger partial charge in [-0.2, -0.15) is 0 Å². The first kappa shape index (κ1) is 13.9. The van der Waals surface area contributed by atoms with Crippen molar-refractivity contribution in [2.75, 3.05) is 19.5 Å². The van der Waals surface area contributed by atoms with Gasteiger partial charge >= 0.3 is 0 Å². The van der Waals surface area contributed by atoms with E-state index in [0.29, 0.717) is 0 Å². The van der Waals surface area contributed by atoms with Gasteiger partial charge < -0.3 is 10.5 Å². The van der Waals surface area contributed by atoms with Crippen molar-refractivity contribution in [1.82, 2.24) is 9.38 Å². The molecule has 0 aliphatic carbocycles. The number of thioether (sulfide) groups is 1. The van der Waals surface area contributed by atoms with E-state index in [0.717, 1.165) is 35.2 Å². The summed E-state index contributed by atoms with van der Waals surface area (Å²) in [7, 11) is 1.73. The fraction of sp³-hybridized carbons (Fsp3) is 0.583. The second kappa shape index (κ2) is 6.56. The molecule has 0 bridgehead atoms. The second-order valence-corrected chi connectivity index (χ2v) is 6.25. The fourth-order valence-corrected chi connectivity index (χ4v) is 3.54. The van der Waals surface area contributed by atoms with E-state index < -0.39 is 0 Å². The van der Waals surface area contributed by atoms with Gasteiger partial charge in [-0.25, -0.2) is 4.98 Å². The summed E-state index contributed by atoms with van der Waals surface area (Å²) < 4.78 is 7.22. The molecule has 4 nitrogen and oxygen atoms in total. The zero-order chi connectivity index (χ0) is 13.0. The highest BCUT2D eigenvalue weighted by Crippen LogP contribution is 2.27. The van der Waals surface area contributed by atoms with Crippen LogP contribution in [0.3, 0.4) is 0 Å². The largest absolute Gasteiger partial charge is 0.385 e. The molecule has 18 heavy (non-hydrogen) atoms. The summed E-state index contributed by atoms with van der Waals surface area (Å²) in [5, 5.41) is 3.18. The molecule has 1 atom stereocenters. The average molecular weight is 285 g/mol. The van der Waals surface area contributed by atoms with Gasteiger partial charge in [0.15, 0.2) is 4.96 Å². The van der Waals surface area contributed by atoms with Crippen molar-refractivity contribution in [1.29, 1.82) is 0 Å². The van der Waals surface area contributed by atoms with Gasteiger partial charge in [0.2, 0.25) is 0 Å². The van der Waals surface area contributed by atoms with Crippen LogP contribution in [0.25, 0.3) is 4.96 Å². The van der Waals surface area contributed by atoms with Crippen molar-refractivity contribution in [3.05, 3.63) is 17.3 Å². The second-order valence-electron chi connectivity index (χ2n) is 4.30. The maximum absolute atomic E-state index is 5.92. The number of fused-ring (bicyclic) bond motifs is 1. The first-order valence-corrected chi connectivity index (χ1v) is 7.90. The maximum atomic E-state index is 5.92. The van der Waals surface area contributed by atoms with Crippen LogP contribution in [0.2, 0.25) is 0 Å². The van der Waals surface area contributed by atoms with Crippen LogP contribution in [0, 0.1) is 0 Å². The number of hydrogen-bond donors (Lipinski definition) is 1. The molecular weight excluding hydrogens is 266 g/mol. The first-order valence-electron chi connectivity index (χ1n) is 6.04. The van der Waals surface area contributed by atoms with Gasteiger partial charge in [-0.05, 0) is 13.3 Å². The smallest absolute Gasteiger partial charge is 0.194 e. The van der Waals surface area contributed by atoms with E-state index >= 15 is 0 Å². The average Bonchev–Trinajstić information content (AvgIpc) is 2.88. The van der Waals surface area contributed by atoms with E-state index in [4.69, 9.17) is 10.5 Å². The number of hydrogen-bond acceptors (Lipinski definition) is 5. The monoisotopic (exact) mass is 285 g/mol. The Kier molecular flexibility index (Phi) is 5.05. The molecule has 0 amide bonds. The molecule has 0 radical (unpaired) electrons. The van der Waals surface area contributed by atoms with Crippen molar-refractivity contribution in [3.8, 4) is 0 Å². The Morgan fingerprint density at radius 3 is 3.17 bits per heavy atom. The zero-order valence-electron chi connectivity index (χ0n) is 10.8. The van der Waals surface area contributed by atoms with Crippen LogP contribution in [0.1, 0.15) is 19.0 Å². The first-order chi connectivity index (χ1) is 8.72. The van der Waals surface area contributed by atoms with E-state index in [-0.39, 0.29) is 6.04 Å². The number of methoxy groups -OCH3 is 1. The molecule has 2 rings (SSSR count). The minimum absolute atomic E-state index is 0.156. The molecule has 0 aliphatic rings. The molecule has 0 aromatic carbocycles. The Labute approximate surface area is 116 Å². The van der Waals surface area contributed by atoms with Crippen LogP contribution in [0.4, 0.5) is 0 Å². The van der Waals surface area contributed by atoms with E-state index in [1.165, 1.54) is 5.69 Å². The third-order valence-corrected chi connectivity index (χ3v) is 4.42. The minimum atomic E-state index is 0.156. The van der Waals surface area contributed by atoms with Crippen LogP contribution >= 0.6 is 23.1 Å². The van der Waals surface area contributed by atoms with Crippen LogP contribution in [0.5, 0.6) is 0 Å². The summed E-state index contributed by atoms with van der Waals surface area (Å²) in [5.74, 6) is 1.03. The van der Waals surface area contributed by atoms with E-state index in [1.54, 1.807) is 30.2 Å². The highest BCUT2D eigenvalue weighted by Gasteiger charge is 2.14. The topological polar surface area (TPSA) is 52.5 Å². The molecule has 2 aromatic rings. The van der Waals surface area contributed by atoms with Gasteiger partial charge in [-0.1, -0.05) is 0 Å². The molecule has 0 aliphatic heterocycles. The number of ether oxygens (including phenoxy) is 1. The lowest BCUT2D eigenvalue weighted by Crippen LogP contribution is -2.19. The maximum Gasteiger partial charge on any atom is 0.194 e. The number of aromatic nitrogens is 2. The molecular formula is C12H19N3OS2. The predicted octanol–water partition coefficient (Wildman–Crippen LogP) is 2.41. The Morgan fingerprint density at radius 2 is 2.44 bits per heavy atom. The van der Waals surface area contributed by atoms with Crippen molar-refractivity contribution in [2.24, 2.45) is 5.73 Å². The number of imidazole rings is 1. The summed E-state index contributed by atoms with van der Waals surface area (Å²) in [6.07, 6.45) is 3.98. The van der Waals surface area contributed by atoms with Crippen LogP contribution < -0.4 is 5.73 Å². The molecule has 2 aromatic heterocycles. The van der Waals surface area contributed by atoms with Gasteiger partial charge in [0.1, 0.15) is 5.03 Å². The molecule has 2 heterocycles. The molecule has 0 saturated carbocycles. The van der Waals surface area contributed by atoms with Crippen LogP contribution in [0.15, 0.2) is 16.6 Å². The highest BCUT2D eigenvalue weighted by atomic mass is 32.2. The quantitative estimate of drug-likeness (QED) is 0.627. The van der Waals surface area contributed by atoms with Gasteiger partial charge in [-0.15, -0.1) is 23.1 Å². The van der Waals surface area contributed by atoms with E-state index in [1.807, 2.05) is 6.92 Å². The zero-order valence-corrected chi connectivity index (χ0v) is 12.4. The van der Waals surface area contributed by atoms with Crippen molar-refractivity contribution in [2.45, 2.75) is 30.8 Å². The summed E-state index contributed by atoms with van der Waals surface area (Å²) in [6, 6.07) is 0.156. The van der Waals surface area contributed by atoms with Crippen molar-refractivity contribution < 1.29 is 4.74 Å². The summed E-state index contributed by atoms with van der Waals surface area (Å²) in [4.78, 5) is 5.73.